The highest BCUT2D eigenvalue weighted by Gasteiger charge is 2.48. The van der Waals surface area contributed by atoms with E-state index in [9.17, 15) is 4.79 Å². The van der Waals surface area contributed by atoms with E-state index in [2.05, 4.69) is 24.1 Å². The van der Waals surface area contributed by atoms with Gasteiger partial charge in [-0.05, 0) is 31.2 Å². The Bertz CT molecular complexity index is 326. The SMILES string of the molecule is COC(=O)[C@]1(C)CN(CC2(C)CCNC2)C[C@H]1C. The Kier molecular flexibility index (Phi) is 3.70. The average Bonchev–Trinajstić information content (AvgIpc) is 2.84. The average molecular weight is 254 g/mol. The van der Waals surface area contributed by atoms with Crippen LogP contribution >= 0.6 is 0 Å². The van der Waals surface area contributed by atoms with Crippen LogP contribution in [-0.2, 0) is 9.53 Å². The topological polar surface area (TPSA) is 41.6 Å². The van der Waals surface area contributed by atoms with Crippen molar-refractivity contribution in [3.05, 3.63) is 0 Å². The minimum Gasteiger partial charge on any atom is -0.469 e. The van der Waals surface area contributed by atoms with Crippen molar-refractivity contribution in [2.24, 2.45) is 16.7 Å². The Morgan fingerprint density at radius 2 is 2.22 bits per heavy atom. The van der Waals surface area contributed by atoms with Gasteiger partial charge in [-0.1, -0.05) is 13.8 Å². The number of nitrogens with one attached hydrogen (secondary N) is 1. The predicted octanol–water partition coefficient (Wildman–Crippen LogP) is 1.12. The number of rotatable bonds is 3. The Balaban J connectivity index is 2.00. The summed E-state index contributed by atoms with van der Waals surface area (Å²) < 4.78 is 4.97. The van der Waals surface area contributed by atoms with Gasteiger partial charge in [-0.3, -0.25) is 4.79 Å². The van der Waals surface area contributed by atoms with Gasteiger partial charge in [-0.25, -0.2) is 0 Å². The van der Waals surface area contributed by atoms with Gasteiger partial charge in [-0.2, -0.15) is 0 Å². The lowest BCUT2D eigenvalue weighted by Crippen LogP contribution is -2.39. The second-order valence-electron chi connectivity index (χ2n) is 6.72. The first-order valence-electron chi connectivity index (χ1n) is 6.91. The summed E-state index contributed by atoms with van der Waals surface area (Å²) in [5, 5.41) is 3.43. The van der Waals surface area contributed by atoms with Crippen LogP contribution in [0.25, 0.3) is 0 Å². The van der Waals surface area contributed by atoms with Gasteiger partial charge in [0.15, 0.2) is 0 Å². The molecule has 0 aromatic rings. The van der Waals surface area contributed by atoms with Gasteiger partial charge >= 0.3 is 5.97 Å². The van der Waals surface area contributed by atoms with Crippen molar-refractivity contribution < 1.29 is 9.53 Å². The first-order chi connectivity index (χ1) is 8.39. The van der Waals surface area contributed by atoms with E-state index in [0.717, 1.165) is 32.7 Å². The zero-order valence-electron chi connectivity index (χ0n) is 12.1. The Morgan fingerprint density at radius 3 is 2.78 bits per heavy atom. The van der Waals surface area contributed by atoms with Gasteiger partial charge in [0.05, 0.1) is 12.5 Å². The number of carbonyl (C=O) groups excluding carboxylic acids is 1. The summed E-state index contributed by atoms with van der Waals surface area (Å²) >= 11 is 0. The van der Waals surface area contributed by atoms with Crippen LogP contribution in [-0.4, -0.2) is 50.7 Å². The molecular weight excluding hydrogens is 228 g/mol. The first kappa shape index (κ1) is 13.8. The van der Waals surface area contributed by atoms with E-state index < -0.39 is 0 Å². The quantitative estimate of drug-likeness (QED) is 0.766. The Labute approximate surface area is 110 Å². The third-order valence-electron chi connectivity index (χ3n) is 4.89. The maximum atomic E-state index is 11.9. The summed E-state index contributed by atoms with van der Waals surface area (Å²) in [6.45, 7) is 11.7. The summed E-state index contributed by atoms with van der Waals surface area (Å²) in [5.74, 6) is 0.301. The highest BCUT2D eigenvalue weighted by Crippen LogP contribution is 2.38. The minimum atomic E-state index is -0.336. The van der Waals surface area contributed by atoms with Crippen molar-refractivity contribution in [1.29, 1.82) is 0 Å². The molecule has 0 aromatic heterocycles. The maximum absolute atomic E-state index is 11.9. The van der Waals surface area contributed by atoms with Crippen molar-refractivity contribution in [2.75, 3.05) is 39.8 Å². The van der Waals surface area contributed by atoms with E-state index in [-0.39, 0.29) is 11.4 Å². The molecule has 3 atom stereocenters. The first-order valence-corrected chi connectivity index (χ1v) is 6.91. The molecule has 0 amide bonds. The monoisotopic (exact) mass is 254 g/mol. The second kappa shape index (κ2) is 4.82. The zero-order valence-corrected chi connectivity index (χ0v) is 12.1. The predicted molar refractivity (Wildman–Crippen MR) is 71.3 cm³/mol. The van der Waals surface area contributed by atoms with Gasteiger partial charge in [0.2, 0.25) is 0 Å². The van der Waals surface area contributed by atoms with Crippen LogP contribution in [0, 0.1) is 16.7 Å². The smallest absolute Gasteiger partial charge is 0.313 e. The molecule has 0 radical (unpaired) electrons. The molecule has 2 fully saturated rings. The molecule has 2 aliphatic heterocycles. The van der Waals surface area contributed by atoms with Crippen LogP contribution in [0.15, 0.2) is 0 Å². The van der Waals surface area contributed by atoms with E-state index in [1.54, 1.807) is 0 Å². The van der Waals surface area contributed by atoms with Crippen molar-refractivity contribution in [1.82, 2.24) is 10.2 Å². The van der Waals surface area contributed by atoms with Crippen molar-refractivity contribution in [3.8, 4) is 0 Å². The fraction of sp³-hybridized carbons (Fsp3) is 0.929. The highest BCUT2D eigenvalue weighted by molar-refractivity contribution is 5.77. The Morgan fingerprint density at radius 1 is 1.50 bits per heavy atom. The van der Waals surface area contributed by atoms with Gasteiger partial charge in [0.1, 0.15) is 0 Å². The lowest BCUT2D eigenvalue weighted by molar-refractivity contribution is -0.152. The molecule has 0 aromatic carbocycles. The molecule has 4 heteroatoms. The molecule has 0 bridgehead atoms. The molecule has 2 heterocycles. The summed E-state index contributed by atoms with van der Waals surface area (Å²) in [7, 11) is 1.49. The summed E-state index contributed by atoms with van der Waals surface area (Å²) in [6, 6.07) is 0. The van der Waals surface area contributed by atoms with Crippen LogP contribution in [0.1, 0.15) is 27.2 Å². The summed E-state index contributed by atoms with van der Waals surface area (Å²) in [5.41, 5.74) is 0.0260. The van der Waals surface area contributed by atoms with E-state index in [1.165, 1.54) is 13.5 Å². The molecule has 2 rings (SSSR count). The van der Waals surface area contributed by atoms with Crippen molar-refractivity contribution >= 4 is 5.97 Å². The number of esters is 1. The Hall–Kier alpha value is -0.610. The van der Waals surface area contributed by atoms with Gasteiger partial charge in [0.25, 0.3) is 0 Å². The molecule has 18 heavy (non-hydrogen) atoms. The van der Waals surface area contributed by atoms with Gasteiger partial charge in [-0.15, -0.1) is 0 Å². The van der Waals surface area contributed by atoms with Crippen LogP contribution < -0.4 is 5.32 Å². The summed E-state index contributed by atoms with van der Waals surface area (Å²) in [4.78, 5) is 14.4. The third kappa shape index (κ3) is 2.41. The highest BCUT2D eigenvalue weighted by atomic mass is 16.5. The molecule has 4 nitrogen and oxygen atoms in total. The third-order valence-corrected chi connectivity index (χ3v) is 4.89. The normalized spacial score (nSPS) is 41.2. The van der Waals surface area contributed by atoms with Crippen LogP contribution in [0.5, 0.6) is 0 Å². The molecule has 2 saturated heterocycles. The van der Waals surface area contributed by atoms with E-state index in [4.69, 9.17) is 4.74 Å². The van der Waals surface area contributed by atoms with Crippen LogP contribution in [0.3, 0.4) is 0 Å². The summed E-state index contributed by atoms with van der Waals surface area (Å²) in [6.07, 6.45) is 1.23. The molecule has 0 aliphatic carbocycles. The second-order valence-corrected chi connectivity index (χ2v) is 6.72. The largest absolute Gasteiger partial charge is 0.469 e. The fourth-order valence-corrected chi connectivity index (χ4v) is 3.44. The number of carbonyl (C=O) groups is 1. The number of hydrogen-bond donors (Lipinski definition) is 1. The molecule has 1 N–H and O–H groups in total. The number of methoxy groups -OCH3 is 1. The molecule has 2 aliphatic rings. The van der Waals surface area contributed by atoms with Crippen molar-refractivity contribution in [3.63, 3.8) is 0 Å². The molecule has 104 valence electrons. The zero-order chi connectivity index (χ0) is 13.4. The molecule has 0 saturated carbocycles. The number of nitrogens with zero attached hydrogens (tertiary/aromatic N) is 1. The number of ether oxygens (including phenoxy) is 1. The van der Waals surface area contributed by atoms with Crippen LogP contribution in [0.4, 0.5) is 0 Å². The lowest BCUT2D eigenvalue weighted by Gasteiger charge is -2.30. The van der Waals surface area contributed by atoms with Crippen LogP contribution in [0.2, 0.25) is 0 Å². The van der Waals surface area contributed by atoms with E-state index >= 15 is 0 Å². The molecule has 0 spiro atoms. The maximum Gasteiger partial charge on any atom is 0.313 e. The van der Waals surface area contributed by atoms with E-state index in [1.807, 2.05) is 6.92 Å². The standard InChI is InChI=1S/C14H26N2O2/c1-11-7-16(9-13(2)5-6-15-8-13)10-14(11,3)12(17)18-4/h11,15H,5-10H2,1-4H3/t11-,13?,14-/m1/s1. The minimum absolute atomic E-state index is 0.0628. The molecule has 1 unspecified atom stereocenters. The lowest BCUT2D eigenvalue weighted by atomic mass is 9.81. The van der Waals surface area contributed by atoms with Gasteiger partial charge in [0, 0.05) is 26.2 Å². The van der Waals surface area contributed by atoms with E-state index in [0.29, 0.717) is 11.3 Å². The fourth-order valence-electron chi connectivity index (χ4n) is 3.44. The van der Waals surface area contributed by atoms with Gasteiger partial charge < -0.3 is 15.0 Å². The molecular formula is C14H26N2O2. The number of likely N-dealkylation sites (tertiary alicyclic amines) is 1. The van der Waals surface area contributed by atoms with Crippen molar-refractivity contribution in [2.45, 2.75) is 27.2 Å². The number of hydrogen-bond acceptors (Lipinski definition) is 4.